The summed E-state index contributed by atoms with van der Waals surface area (Å²) in [5.41, 5.74) is -0.891. The van der Waals surface area contributed by atoms with Crippen LogP contribution in [0.2, 0.25) is 0 Å². The second-order valence-corrected chi connectivity index (χ2v) is 3.19. The van der Waals surface area contributed by atoms with Crippen molar-refractivity contribution in [2.75, 3.05) is 0 Å². The normalized spacial score (nSPS) is 10.9. The lowest BCUT2D eigenvalue weighted by Gasteiger charge is -2.06. The zero-order valence-electron chi connectivity index (χ0n) is 7.06. The topological polar surface area (TPSA) is 53.1 Å². The third-order valence-electron chi connectivity index (χ3n) is 1.81. The van der Waals surface area contributed by atoms with Crippen molar-refractivity contribution < 1.29 is 13.9 Å². The number of aromatic nitrogens is 1. The molecule has 3 nitrogen and oxygen atoms in total. The van der Waals surface area contributed by atoms with E-state index in [0.29, 0.717) is 0 Å². The molecule has 1 heterocycles. The maximum atomic E-state index is 12.4. The minimum absolute atomic E-state index is 0.0356. The summed E-state index contributed by atoms with van der Waals surface area (Å²) in [4.78, 5) is 13.7. The van der Waals surface area contributed by atoms with Crippen molar-refractivity contribution >= 4 is 15.9 Å². The van der Waals surface area contributed by atoms with E-state index in [9.17, 15) is 13.6 Å². The molecule has 0 aliphatic carbocycles. The number of aromatic amines is 1. The Labute approximate surface area is 86.9 Å². The number of nitrogens with one attached hydrogen (secondary N) is 1. The first-order valence-electron chi connectivity index (χ1n) is 3.80. The number of rotatable bonds is 3. The zero-order chi connectivity index (χ0) is 10.7. The van der Waals surface area contributed by atoms with Gasteiger partial charge in [-0.05, 0) is 0 Å². The van der Waals surface area contributed by atoms with Crippen molar-refractivity contribution in [3.8, 4) is 0 Å². The lowest BCUT2D eigenvalue weighted by molar-refractivity contribution is 0.145. The molecule has 0 aliphatic heterocycles. The van der Waals surface area contributed by atoms with Crippen LogP contribution < -0.4 is 5.43 Å². The average molecular weight is 268 g/mol. The van der Waals surface area contributed by atoms with Crippen molar-refractivity contribution in [1.29, 1.82) is 0 Å². The van der Waals surface area contributed by atoms with E-state index in [1.807, 2.05) is 0 Å². The zero-order valence-corrected chi connectivity index (χ0v) is 8.64. The van der Waals surface area contributed by atoms with Gasteiger partial charge >= 0.3 is 0 Å². The van der Waals surface area contributed by atoms with Crippen molar-refractivity contribution in [1.82, 2.24) is 4.98 Å². The predicted octanol–water partition coefficient (Wildman–Crippen LogP) is 1.70. The fourth-order valence-corrected chi connectivity index (χ4v) is 1.64. The van der Waals surface area contributed by atoms with E-state index in [4.69, 9.17) is 5.11 Å². The summed E-state index contributed by atoms with van der Waals surface area (Å²) in [6.45, 7) is -0.459. The number of hydrogen-bond acceptors (Lipinski definition) is 2. The van der Waals surface area contributed by atoms with Crippen LogP contribution in [0.25, 0.3) is 0 Å². The van der Waals surface area contributed by atoms with E-state index in [0.717, 1.165) is 6.20 Å². The van der Waals surface area contributed by atoms with E-state index in [1.165, 1.54) is 0 Å². The molecule has 0 atom stereocenters. The molecule has 0 spiro atoms. The Morgan fingerprint density at radius 2 is 2.21 bits per heavy atom. The highest BCUT2D eigenvalue weighted by Crippen LogP contribution is 2.20. The molecule has 0 fully saturated rings. The number of alkyl halides is 3. The molecule has 0 amide bonds. The number of pyridine rings is 1. The smallest absolute Gasteiger partial charge is 0.278 e. The van der Waals surface area contributed by atoms with Gasteiger partial charge in [0, 0.05) is 22.7 Å². The number of hydrogen-bond donors (Lipinski definition) is 2. The minimum Gasteiger partial charge on any atom is -0.391 e. The molecule has 0 saturated carbocycles. The van der Waals surface area contributed by atoms with Crippen LogP contribution in [0.5, 0.6) is 0 Å². The van der Waals surface area contributed by atoms with Gasteiger partial charge < -0.3 is 10.1 Å². The van der Waals surface area contributed by atoms with E-state index in [2.05, 4.69) is 20.9 Å². The molecular weight excluding hydrogens is 260 g/mol. The van der Waals surface area contributed by atoms with Crippen molar-refractivity contribution in [3.63, 3.8) is 0 Å². The highest BCUT2D eigenvalue weighted by Gasteiger charge is 2.17. The summed E-state index contributed by atoms with van der Waals surface area (Å²) in [6, 6.07) is 0. The van der Waals surface area contributed by atoms with Gasteiger partial charge in [-0.1, -0.05) is 15.9 Å². The van der Waals surface area contributed by atoms with Crippen LogP contribution in [0, 0.1) is 0 Å². The molecule has 0 unspecified atom stereocenters. The lowest BCUT2D eigenvalue weighted by atomic mass is 10.1. The SMILES string of the molecule is O=c1c(CO)c[nH]c(C(F)F)c1CBr. The number of aliphatic hydroxyl groups excluding tert-OH is 1. The van der Waals surface area contributed by atoms with Crippen molar-refractivity contribution in [3.05, 3.63) is 33.2 Å². The third-order valence-corrected chi connectivity index (χ3v) is 2.38. The first-order valence-corrected chi connectivity index (χ1v) is 4.92. The molecule has 78 valence electrons. The molecule has 1 rings (SSSR count). The van der Waals surface area contributed by atoms with Gasteiger partial charge in [0.05, 0.1) is 12.3 Å². The Balaban J connectivity index is 3.36. The van der Waals surface area contributed by atoms with Crippen LogP contribution in [0.3, 0.4) is 0 Å². The van der Waals surface area contributed by atoms with Crippen LogP contribution in [0.15, 0.2) is 11.0 Å². The summed E-state index contributed by atoms with van der Waals surface area (Å²) in [6.07, 6.45) is -1.61. The first kappa shape index (κ1) is 11.3. The molecule has 2 N–H and O–H groups in total. The van der Waals surface area contributed by atoms with Crippen LogP contribution in [0.1, 0.15) is 23.2 Å². The molecule has 0 aromatic carbocycles. The fourth-order valence-electron chi connectivity index (χ4n) is 1.08. The molecule has 14 heavy (non-hydrogen) atoms. The van der Waals surface area contributed by atoms with Gasteiger partial charge in [0.25, 0.3) is 6.43 Å². The average Bonchev–Trinajstić information content (AvgIpc) is 2.17. The predicted molar refractivity (Wildman–Crippen MR) is 50.6 cm³/mol. The maximum absolute atomic E-state index is 12.4. The van der Waals surface area contributed by atoms with Crippen molar-refractivity contribution in [2.24, 2.45) is 0 Å². The monoisotopic (exact) mass is 267 g/mol. The van der Waals surface area contributed by atoms with E-state index in [-0.39, 0.29) is 16.5 Å². The van der Waals surface area contributed by atoms with Gasteiger partial charge in [0.2, 0.25) is 0 Å². The van der Waals surface area contributed by atoms with Gasteiger partial charge in [-0.25, -0.2) is 8.78 Å². The Morgan fingerprint density at radius 3 is 2.64 bits per heavy atom. The number of aliphatic hydroxyl groups is 1. The molecular formula is C8H8BrF2NO2. The molecule has 1 aromatic heterocycles. The van der Waals surface area contributed by atoms with Gasteiger partial charge in [-0.15, -0.1) is 0 Å². The second kappa shape index (κ2) is 4.65. The first-order chi connectivity index (χ1) is 6.61. The standard InChI is InChI=1S/C8H8BrF2NO2/c9-1-5-6(8(10)11)12-2-4(3-13)7(5)14/h2,8,13H,1,3H2,(H,12,14). The Morgan fingerprint density at radius 1 is 1.57 bits per heavy atom. The van der Waals surface area contributed by atoms with E-state index in [1.54, 1.807) is 0 Å². The van der Waals surface area contributed by atoms with Crippen LogP contribution in [0.4, 0.5) is 8.78 Å². The highest BCUT2D eigenvalue weighted by molar-refractivity contribution is 9.08. The molecule has 6 heteroatoms. The van der Waals surface area contributed by atoms with Crippen molar-refractivity contribution in [2.45, 2.75) is 18.4 Å². The van der Waals surface area contributed by atoms with Gasteiger partial charge in [0.15, 0.2) is 5.43 Å². The molecule has 0 aliphatic rings. The van der Waals surface area contributed by atoms with Gasteiger partial charge in [0.1, 0.15) is 0 Å². The number of H-pyrrole nitrogens is 1. The highest BCUT2D eigenvalue weighted by atomic mass is 79.9. The fraction of sp³-hybridized carbons (Fsp3) is 0.375. The van der Waals surface area contributed by atoms with Crippen LogP contribution >= 0.6 is 15.9 Å². The Hall–Kier alpha value is -0.750. The molecule has 1 aromatic rings. The minimum atomic E-state index is -2.72. The summed E-state index contributed by atoms with van der Waals surface area (Å²) < 4.78 is 24.8. The van der Waals surface area contributed by atoms with Crippen LogP contribution in [-0.4, -0.2) is 10.1 Å². The summed E-state index contributed by atoms with van der Waals surface area (Å²) in [5, 5.41) is 8.78. The molecule has 0 radical (unpaired) electrons. The summed E-state index contributed by atoms with van der Waals surface area (Å²) in [7, 11) is 0. The Kier molecular flexibility index (Phi) is 3.77. The quantitative estimate of drug-likeness (QED) is 0.820. The van der Waals surface area contributed by atoms with Crippen LogP contribution in [-0.2, 0) is 11.9 Å². The van der Waals surface area contributed by atoms with Gasteiger partial charge in [-0.2, -0.15) is 0 Å². The summed E-state index contributed by atoms with van der Waals surface area (Å²) >= 11 is 2.96. The summed E-state index contributed by atoms with van der Waals surface area (Å²) in [5.74, 6) is 0. The van der Waals surface area contributed by atoms with E-state index < -0.39 is 24.2 Å². The third kappa shape index (κ3) is 2.01. The maximum Gasteiger partial charge on any atom is 0.278 e. The molecule has 0 bridgehead atoms. The largest absolute Gasteiger partial charge is 0.391 e. The number of halogens is 3. The van der Waals surface area contributed by atoms with Gasteiger partial charge in [-0.3, -0.25) is 4.79 Å². The lowest BCUT2D eigenvalue weighted by Crippen LogP contribution is -2.17. The Bertz CT molecular complexity index is 378. The van der Waals surface area contributed by atoms with E-state index >= 15 is 0 Å². The second-order valence-electron chi connectivity index (χ2n) is 2.63. The molecule has 0 saturated heterocycles.